The second kappa shape index (κ2) is 6.41. The zero-order valence-corrected chi connectivity index (χ0v) is 10.3. The van der Waals surface area contributed by atoms with Crippen LogP contribution in [0.25, 0.3) is 5.95 Å². The second-order valence-electron chi connectivity index (χ2n) is 2.78. The van der Waals surface area contributed by atoms with Gasteiger partial charge < -0.3 is 11.1 Å². The maximum absolute atomic E-state index is 5.51. The zero-order valence-electron chi connectivity index (χ0n) is 10.3. The molecule has 0 aliphatic carbocycles. The van der Waals surface area contributed by atoms with E-state index in [-0.39, 0.29) is 5.95 Å². The molecule has 0 bridgehead atoms. The number of hydrogen-bond acceptors (Lipinski definition) is 6. The number of nitrogens with two attached hydrogens (primary N) is 1. The molecule has 0 unspecified atom stereocenters. The smallest absolute Gasteiger partial charge is 0.253 e. The fourth-order valence-corrected chi connectivity index (χ4v) is 1.14. The summed E-state index contributed by atoms with van der Waals surface area (Å²) in [6, 6.07) is 1.73. The first kappa shape index (κ1) is 12.9. The quantitative estimate of drug-likeness (QED) is 0.827. The van der Waals surface area contributed by atoms with Crippen molar-refractivity contribution in [3.63, 3.8) is 0 Å². The van der Waals surface area contributed by atoms with E-state index in [0.29, 0.717) is 11.9 Å². The zero-order chi connectivity index (χ0) is 12.7. The summed E-state index contributed by atoms with van der Waals surface area (Å²) in [6.07, 6.45) is 3.27. The molecule has 7 heteroatoms. The van der Waals surface area contributed by atoms with Crippen molar-refractivity contribution in [1.29, 1.82) is 0 Å². The SMILES string of the molecule is CC.CCNc1nc(N)nn1-c1ncccn1. The van der Waals surface area contributed by atoms with Gasteiger partial charge in [0, 0.05) is 18.9 Å². The third-order valence-electron chi connectivity index (χ3n) is 1.70. The minimum Gasteiger partial charge on any atom is -0.366 e. The van der Waals surface area contributed by atoms with Gasteiger partial charge in [-0.3, -0.25) is 0 Å². The fourth-order valence-electron chi connectivity index (χ4n) is 1.14. The van der Waals surface area contributed by atoms with Crippen LogP contribution in [0.1, 0.15) is 20.8 Å². The van der Waals surface area contributed by atoms with E-state index in [9.17, 15) is 0 Å². The summed E-state index contributed by atoms with van der Waals surface area (Å²) in [7, 11) is 0. The van der Waals surface area contributed by atoms with Crippen LogP contribution in [-0.2, 0) is 0 Å². The van der Waals surface area contributed by atoms with E-state index in [0.717, 1.165) is 6.54 Å². The summed E-state index contributed by atoms with van der Waals surface area (Å²) < 4.78 is 1.47. The van der Waals surface area contributed by atoms with Crippen molar-refractivity contribution in [1.82, 2.24) is 24.7 Å². The Hall–Kier alpha value is -2.18. The van der Waals surface area contributed by atoms with Gasteiger partial charge in [-0.15, -0.1) is 5.10 Å². The highest BCUT2D eigenvalue weighted by atomic mass is 15.5. The monoisotopic (exact) mass is 235 g/mol. The lowest BCUT2D eigenvalue weighted by Crippen LogP contribution is -2.09. The van der Waals surface area contributed by atoms with E-state index in [1.165, 1.54) is 4.68 Å². The standard InChI is InChI=1S/C8H11N7.C2H6/c1-2-10-8-13-6(9)14-15(8)7-11-4-3-5-12-7;1-2/h3-5H,2H2,1H3,(H3,9,10,13,14);1-2H3. The molecular formula is C10H17N7. The van der Waals surface area contributed by atoms with Gasteiger partial charge in [0.2, 0.25) is 11.9 Å². The number of nitrogens with zero attached hydrogens (tertiary/aromatic N) is 5. The maximum atomic E-state index is 5.51. The van der Waals surface area contributed by atoms with Crippen LogP contribution >= 0.6 is 0 Å². The molecule has 17 heavy (non-hydrogen) atoms. The third-order valence-corrected chi connectivity index (χ3v) is 1.70. The van der Waals surface area contributed by atoms with E-state index in [4.69, 9.17) is 5.73 Å². The van der Waals surface area contributed by atoms with Gasteiger partial charge in [0.25, 0.3) is 5.95 Å². The van der Waals surface area contributed by atoms with Crippen LogP contribution in [0.4, 0.5) is 11.9 Å². The lowest BCUT2D eigenvalue weighted by atomic mass is 10.7. The van der Waals surface area contributed by atoms with E-state index in [1.54, 1.807) is 18.5 Å². The summed E-state index contributed by atoms with van der Waals surface area (Å²) in [5, 5.41) is 7.02. The molecule has 0 saturated carbocycles. The molecule has 0 radical (unpaired) electrons. The number of hydrogen-bond donors (Lipinski definition) is 2. The van der Waals surface area contributed by atoms with Crippen molar-refractivity contribution in [3.05, 3.63) is 18.5 Å². The van der Waals surface area contributed by atoms with Gasteiger partial charge in [-0.25, -0.2) is 9.97 Å². The minimum atomic E-state index is 0.193. The molecule has 2 heterocycles. The van der Waals surface area contributed by atoms with Crippen LogP contribution in [0, 0.1) is 0 Å². The van der Waals surface area contributed by atoms with Crippen LogP contribution < -0.4 is 11.1 Å². The Labute approximate surface area is 100 Å². The highest BCUT2D eigenvalue weighted by Crippen LogP contribution is 2.09. The number of aromatic nitrogens is 5. The first-order valence-corrected chi connectivity index (χ1v) is 5.55. The third kappa shape index (κ3) is 3.13. The van der Waals surface area contributed by atoms with Gasteiger partial charge in [-0.1, -0.05) is 13.8 Å². The van der Waals surface area contributed by atoms with Crippen molar-refractivity contribution in [2.24, 2.45) is 0 Å². The number of rotatable bonds is 3. The minimum absolute atomic E-state index is 0.193. The first-order chi connectivity index (χ1) is 8.31. The van der Waals surface area contributed by atoms with Gasteiger partial charge in [0.15, 0.2) is 0 Å². The topological polar surface area (TPSA) is 94.5 Å². The molecule has 0 aliphatic rings. The molecule has 92 valence electrons. The summed E-state index contributed by atoms with van der Waals surface area (Å²) >= 11 is 0. The molecule has 0 amide bonds. The summed E-state index contributed by atoms with van der Waals surface area (Å²) in [4.78, 5) is 12.1. The average Bonchev–Trinajstić information content (AvgIpc) is 2.75. The van der Waals surface area contributed by atoms with E-state index in [1.807, 2.05) is 20.8 Å². The summed E-state index contributed by atoms with van der Waals surface area (Å²) in [5.74, 6) is 1.18. The molecule has 0 aromatic carbocycles. The Morgan fingerprint density at radius 1 is 1.29 bits per heavy atom. The molecule has 0 aliphatic heterocycles. The normalized spacial score (nSPS) is 9.35. The maximum Gasteiger partial charge on any atom is 0.253 e. The summed E-state index contributed by atoms with van der Waals surface area (Å²) in [5.41, 5.74) is 5.51. The van der Waals surface area contributed by atoms with E-state index >= 15 is 0 Å². The van der Waals surface area contributed by atoms with Crippen LogP contribution in [0.2, 0.25) is 0 Å². The Balaban J connectivity index is 0.000000686. The van der Waals surface area contributed by atoms with Crippen molar-refractivity contribution < 1.29 is 0 Å². The Bertz CT molecular complexity index is 437. The Kier molecular flexibility index (Phi) is 4.86. The number of nitrogens with one attached hydrogen (secondary N) is 1. The van der Waals surface area contributed by atoms with Crippen molar-refractivity contribution in [2.75, 3.05) is 17.6 Å². The van der Waals surface area contributed by atoms with Gasteiger partial charge in [-0.2, -0.15) is 9.67 Å². The van der Waals surface area contributed by atoms with Gasteiger partial charge in [0.05, 0.1) is 0 Å². The van der Waals surface area contributed by atoms with Crippen LogP contribution in [0.5, 0.6) is 0 Å². The van der Waals surface area contributed by atoms with E-state index in [2.05, 4.69) is 25.4 Å². The van der Waals surface area contributed by atoms with Gasteiger partial charge in [-0.05, 0) is 13.0 Å². The Morgan fingerprint density at radius 3 is 2.53 bits per heavy atom. The van der Waals surface area contributed by atoms with Crippen molar-refractivity contribution >= 4 is 11.9 Å². The highest BCUT2D eigenvalue weighted by Gasteiger charge is 2.10. The summed E-state index contributed by atoms with van der Waals surface area (Å²) in [6.45, 7) is 6.69. The molecule has 2 aromatic rings. The molecule has 0 saturated heterocycles. The number of anilines is 2. The van der Waals surface area contributed by atoms with Crippen LogP contribution in [-0.4, -0.2) is 31.3 Å². The van der Waals surface area contributed by atoms with Crippen LogP contribution in [0.15, 0.2) is 18.5 Å². The molecular weight excluding hydrogens is 218 g/mol. The molecule has 2 rings (SSSR count). The predicted molar refractivity (Wildman–Crippen MR) is 66.9 cm³/mol. The average molecular weight is 235 g/mol. The van der Waals surface area contributed by atoms with E-state index < -0.39 is 0 Å². The lowest BCUT2D eigenvalue weighted by Gasteiger charge is -2.02. The molecule has 0 spiro atoms. The first-order valence-electron chi connectivity index (χ1n) is 5.55. The molecule has 0 fully saturated rings. The lowest BCUT2D eigenvalue weighted by molar-refractivity contribution is 0.811. The molecule has 3 N–H and O–H groups in total. The molecule has 0 atom stereocenters. The van der Waals surface area contributed by atoms with Gasteiger partial charge in [0.1, 0.15) is 0 Å². The van der Waals surface area contributed by atoms with Crippen LogP contribution in [0.3, 0.4) is 0 Å². The van der Waals surface area contributed by atoms with Crippen molar-refractivity contribution in [3.8, 4) is 5.95 Å². The largest absolute Gasteiger partial charge is 0.366 e. The fraction of sp³-hybridized carbons (Fsp3) is 0.400. The molecule has 2 aromatic heterocycles. The second-order valence-corrected chi connectivity index (χ2v) is 2.78. The van der Waals surface area contributed by atoms with Gasteiger partial charge >= 0.3 is 0 Å². The Morgan fingerprint density at radius 2 is 1.94 bits per heavy atom. The highest BCUT2D eigenvalue weighted by molar-refractivity contribution is 5.36. The van der Waals surface area contributed by atoms with Crippen molar-refractivity contribution in [2.45, 2.75) is 20.8 Å². The number of nitrogen functional groups attached to an aromatic ring is 1. The predicted octanol–water partition coefficient (Wildman–Crippen LogP) is 1.10. The molecule has 7 nitrogen and oxygen atoms in total.